The fourth-order valence-electron chi connectivity index (χ4n) is 1.66. The first-order chi connectivity index (χ1) is 4.60. The number of Topliss-reactive ketones (excluding diaryl/α,β-unsaturated/α-hetero) is 1. The summed E-state index contributed by atoms with van der Waals surface area (Å²) in [6.45, 7) is 7.51. The molecule has 1 fully saturated rings. The van der Waals surface area contributed by atoms with Crippen molar-refractivity contribution in [2.24, 2.45) is 11.3 Å². The van der Waals surface area contributed by atoms with E-state index in [9.17, 15) is 4.79 Å². The molecule has 0 radical (unpaired) electrons. The highest BCUT2D eigenvalue weighted by atomic mass is 16.1. The Hall–Kier alpha value is -0.590. The van der Waals surface area contributed by atoms with Crippen LogP contribution in [0.3, 0.4) is 0 Å². The van der Waals surface area contributed by atoms with Gasteiger partial charge in [-0.05, 0) is 25.2 Å². The summed E-state index contributed by atoms with van der Waals surface area (Å²) in [6, 6.07) is 0. The van der Waals surface area contributed by atoms with Gasteiger partial charge in [0.1, 0.15) is 5.78 Å². The predicted molar refractivity (Wildman–Crippen MR) is 41.7 cm³/mol. The average molecular weight is 138 g/mol. The molecule has 0 saturated heterocycles. The Labute approximate surface area is 62.1 Å². The molecule has 0 unspecified atom stereocenters. The van der Waals surface area contributed by atoms with Crippen LogP contribution < -0.4 is 0 Å². The van der Waals surface area contributed by atoms with E-state index in [0.717, 1.165) is 12.8 Å². The summed E-state index contributed by atoms with van der Waals surface area (Å²) in [4.78, 5) is 11.0. The molecule has 1 rings (SSSR count). The van der Waals surface area contributed by atoms with Crippen LogP contribution in [0.1, 0.15) is 26.7 Å². The van der Waals surface area contributed by atoms with Gasteiger partial charge in [0, 0.05) is 5.92 Å². The predicted octanol–water partition coefficient (Wildman–Crippen LogP) is 2.18. The molecule has 0 N–H and O–H groups in total. The molecule has 2 atom stereocenters. The van der Waals surface area contributed by atoms with E-state index < -0.39 is 0 Å². The molecule has 0 aliphatic heterocycles. The van der Waals surface area contributed by atoms with Gasteiger partial charge in [-0.25, -0.2) is 0 Å². The van der Waals surface area contributed by atoms with E-state index in [1.807, 2.05) is 6.08 Å². The van der Waals surface area contributed by atoms with Gasteiger partial charge >= 0.3 is 0 Å². The Morgan fingerprint density at radius 3 is 2.50 bits per heavy atom. The van der Waals surface area contributed by atoms with E-state index in [1.54, 1.807) is 6.92 Å². The SMILES string of the molecule is C=C[C@]1(C)CC[C@@H]1C(C)=O. The largest absolute Gasteiger partial charge is 0.300 e. The zero-order valence-electron chi connectivity index (χ0n) is 6.68. The lowest BCUT2D eigenvalue weighted by molar-refractivity contribution is -0.128. The Kier molecular flexibility index (Phi) is 1.67. The van der Waals surface area contributed by atoms with Crippen molar-refractivity contribution in [3.05, 3.63) is 12.7 Å². The Morgan fingerprint density at radius 2 is 2.40 bits per heavy atom. The van der Waals surface area contributed by atoms with E-state index in [1.165, 1.54) is 0 Å². The van der Waals surface area contributed by atoms with E-state index in [4.69, 9.17) is 0 Å². The van der Waals surface area contributed by atoms with Crippen molar-refractivity contribution >= 4 is 5.78 Å². The van der Waals surface area contributed by atoms with Gasteiger partial charge in [-0.15, -0.1) is 6.58 Å². The molecule has 0 aromatic heterocycles. The monoisotopic (exact) mass is 138 g/mol. The van der Waals surface area contributed by atoms with E-state index in [2.05, 4.69) is 13.5 Å². The molecule has 1 saturated carbocycles. The maximum Gasteiger partial charge on any atom is 0.133 e. The number of ketones is 1. The minimum Gasteiger partial charge on any atom is -0.300 e. The summed E-state index contributed by atoms with van der Waals surface area (Å²) in [6.07, 6.45) is 4.10. The zero-order valence-corrected chi connectivity index (χ0v) is 6.68. The van der Waals surface area contributed by atoms with Gasteiger partial charge in [-0.2, -0.15) is 0 Å². The van der Waals surface area contributed by atoms with Crippen LogP contribution in [-0.2, 0) is 4.79 Å². The van der Waals surface area contributed by atoms with Crippen molar-refractivity contribution in [3.63, 3.8) is 0 Å². The normalized spacial score (nSPS) is 38.4. The van der Waals surface area contributed by atoms with Crippen LogP contribution >= 0.6 is 0 Å². The summed E-state index contributed by atoms with van der Waals surface area (Å²) >= 11 is 0. The number of carbonyl (C=O) groups is 1. The van der Waals surface area contributed by atoms with Gasteiger partial charge in [0.15, 0.2) is 0 Å². The molecule has 10 heavy (non-hydrogen) atoms. The highest BCUT2D eigenvalue weighted by Crippen LogP contribution is 2.47. The van der Waals surface area contributed by atoms with Crippen molar-refractivity contribution in [3.8, 4) is 0 Å². The zero-order chi connectivity index (χ0) is 7.78. The minimum absolute atomic E-state index is 0.117. The summed E-state index contributed by atoms with van der Waals surface area (Å²) in [5.41, 5.74) is 0.117. The van der Waals surface area contributed by atoms with Gasteiger partial charge in [-0.3, -0.25) is 4.79 Å². The Morgan fingerprint density at radius 1 is 1.80 bits per heavy atom. The molecule has 0 bridgehead atoms. The fraction of sp³-hybridized carbons (Fsp3) is 0.667. The first-order valence-corrected chi connectivity index (χ1v) is 3.74. The van der Waals surface area contributed by atoms with Gasteiger partial charge < -0.3 is 0 Å². The van der Waals surface area contributed by atoms with Gasteiger partial charge in [0.25, 0.3) is 0 Å². The van der Waals surface area contributed by atoms with Gasteiger partial charge in [0.05, 0.1) is 0 Å². The smallest absolute Gasteiger partial charge is 0.133 e. The molecule has 1 heteroatoms. The van der Waals surface area contributed by atoms with Crippen molar-refractivity contribution in [2.45, 2.75) is 26.7 Å². The third-order valence-corrected chi connectivity index (χ3v) is 2.72. The molecular formula is C9H14O. The minimum atomic E-state index is 0.117. The van der Waals surface area contributed by atoms with E-state index >= 15 is 0 Å². The third-order valence-electron chi connectivity index (χ3n) is 2.72. The Bertz CT molecular complexity index is 172. The number of allylic oxidation sites excluding steroid dienone is 1. The molecule has 0 heterocycles. The standard InChI is InChI=1S/C9H14O/c1-4-9(3)6-5-8(9)7(2)10/h4,8H,1,5-6H2,2-3H3/t8-,9-/m1/s1. The fourth-order valence-corrected chi connectivity index (χ4v) is 1.66. The molecule has 0 amide bonds. The highest BCUT2D eigenvalue weighted by Gasteiger charge is 2.42. The molecule has 56 valence electrons. The molecule has 1 nitrogen and oxygen atoms in total. The van der Waals surface area contributed by atoms with Crippen LogP contribution in [0.15, 0.2) is 12.7 Å². The van der Waals surface area contributed by atoms with Crippen molar-refractivity contribution < 1.29 is 4.79 Å². The molecular weight excluding hydrogens is 124 g/mol. The van der Waals surface area contributed by atoms with E-state index in [-0.39, 0.29) is 11.3 Å². The lowest BCUT2D eigenvalue weighted by Gasteiger charge is -2.43. The van der Waals surface area contributed by atoms with E-state index in [0.29, 0.717) is 5.78 Å². The molecule has 0 aromatic carbocycles. The van der Waals surface area contributed by atoms with Crippen LogP contribution in [0.5, 0.6) is 0 Å². The van der Waals surface area contributed by atoms with Crippen LogP contribution in [0, 0.1) is 11.3 Å². The summed E-state index contributed by atoms with van der Waals surface area (Å²) in [7, 11) is 0. The topological polar surface area (TPSA) is 17.1 Å². The summed E-state index contributed by atoms with van der Waals surface area (Å²) < 4.78 is 0. The number of carbonyl (C=O) groups excluding carboxylic acids is 1. The molecule has 0 spiro atoms. The van der Waals surface area contributed by atoms with Crippen molar-refractivity contribution in [1.29, 1.82) is 0 Å². The molecule has 1 aliphatic rings. The first kappa shape index (κ1) is 7.52. The van der Waals surface area contributed by atoms with Crippen LogP contribution in [0.4, 0.5) is 0 Å². The summed E-state index contributed by atoms with van der Waals surface area (Å²) in [5.74, 6) is 0.568. The molecule has 0 aromatic rings. The second-order valence-electron chi connectivity index (χ2n) is 3.41. The molecule has 1 aliphatic carbocycles. The lowest BCUT2D eigenvalue weighted by atomic mass is 9.60. The van der Waals surface area contributed by atoms with Gasteiger partial charge in [0.2, 0.25) is 0 Å². The van der Waals surface area contributed by atoms with Crippen molar-refractivity contribution in [2.75, 3.05) is 0 Å². The second kappa shape index (κ2) is 2.22. The van der Waals surface area contributed by atoms with Crippen LogP contribution in [0.2, 0.25) is 0 Å². The maximum atomic E-state index is 11.0. The number of rotatable bonds is 2. The van der Waals surface area contributed by atoms with Crippen molar-refractivity contribution in [1.82, 2.24) is 0 Å². The number of hydrogen-bond donors (Lipinski definition) is 0. The quantitative estimate of drug-likeness (QED) is 0.534. The van der Waals surface area contributed by atoms with Crippen LogP contribution in [-0.4, -0.2) is 5.78 Å². The van der Waals surface area contributed by atoms with Crippen LogP contribution in [0.25, 0.3) is 0 Å². The summed E-state index contributed by atoms with van der Waals surface area (Å²) in [5, 5.41) is 0. The third kappa shape index (κ3) is 0.898. The maximum absolute atomic E-state index is 11.0. The first-order valence-electron chi connectivity index (χ1n) is 3.74. The highest BCUT2D eigenvalue weighted by molar-refractivity contribution is 5.80. The lowest BCUT2D eigenvalue weighted by Crippen LogP contribution is -2.39. The Balaban J connectivity index is 2.66. The average Bonchev–Trinajstić information content (AvgIpc) is 1.83. The number of hydrogen-bond acceptors (Lipinski definition) is 1. The second-order valence-corrected chi connectivity index (χ2v) is 3.41. The van der Waals surface area contributed by atoms with Gasteiger partial charge in [-0.1, -0.05) is 13.0 Å².